The van der Waals surface area contributed by atoms with Gasteiger partial charge in [-0.1, -0.05) is 25.1 Å². The number of amides is 1. The van der Waals surface area contributed by atoms with Gasteiger partial charge in [0.2, 0.25) is 5.91 Å². The van der Waals surface area contributed by atoms with Gasteiger partial charge in [0.05, 0.1) is 8.43 Å². The predicted octanol–water partition coefficient (Wildman–Crippen LogP) is 1.77. The highest BCUT2D eigenvalue weighted by molar-refractivity contribution is 7.86. The number of rotatable bonds is 7. The molecule has 21 heavy (non-hydrogen) atoms. The number of anilines is 1. The zero-order chi connectivity index (χ0) is 20.3. The van der Waals surface area contributed by atoms with Crippen LogP contribution in [0.1, 0.15) is 31.8 Å². The zero-order valence-corrected chi connectivity index (χ0v) is 12.6. The zero-order valence-electron chi connectivity index (χ0n) is 16.8. The van der Waals surface area contributed by atoms with Gasteiger partial charge in [0.15, 0.2) is 5.75 Å². The predicted molar refractivity (Wildman–Crippen MR) is 81.0 cm³/mol. The number of ether oxygens (including phenoxy) is 1. The highest BCUT2D eigenvalue weighted by Gasteiger charge is 2.24. The van der Waals surface area contributed by atoms with Gasteiger partial charge in [0.1, 0.15) is 6.73 Å². The van der Waals surface area contributed by atoms with Gasteiger partial charge in [0, 0.05) is 10.7 Å². The average Bonchev–Trinajstić information content (AvgIpc) is 2.45. The fourth-order valence-electron chi connectivity index (χ4n) is 1.98. The number of hydrogen-bond donors (Lipinski definition) is 1. The van der Waals surface area contributed by atoms with Crippen LogP contribution in [0.4, 0.5) is 5.69 Å². The highest BCUT2D eigenvalue weighted by Crippen LogP contribution is 2.26. The van der Waals surface area contributed by atoms with Crippen molar-refractivity contribution in [1.29, 1.82) is 0 Å². The SMILES string of the molecule is [2H]C([2H])([2H])C([2H])([2H])OCN(C(=O)CS(=O)(=O)O)c1c(C)cccc1CC. The van der Waals surface area contributed by atoms with Gasteiger partial charge in [-0.25, -0.2) is 0 Å². The maximum atomic E-state index is 12.4. The van der Waals surface area contributed by atoms with Crippen LogP contribution in [0.25, 0.3) is 0 Å². The number of hydrogen-bond acceptors (Lipinski definition) is 4. The van der Waals surface area contributed by atoms with Gasteiger partial charge in [-0.15, -0.1) is 0 Å². The van der Waals surface area contributed by atoms with Crippen LogP contribution in [-0.2, 0) is 26.1 Å². The Balaban J connectivity index is 3.31. The lowest BCUT2D eigenvalue weighted by atomic mass is 10.0. The summed E-state index contributed by atoms with van der Waals surface area (Å²) in [4.78, 5) is 13.2. The largest absolute Gasteiger partial charge is 0.361 e. The minimum Gasteiger partial charge on any atom is -0.361 e. The van der Waals surface area contributed by atoms with Gasteiger partial charge < -0.3 is 4.74 Å². The van der Waals surface area contributed by atoms with Crippen molar-refractivity contribution in [3.05, 3.63) is 29.3 Å². The van der Waals surface area contributed by atoms with E-state index in [4.69, 9.17) is 16.1 Å². The third-order valence-corrected chi connectivity index (χ3v) is 3.46. The third kappa shape index (κ3) is 5.11. The van der Waals surface area contributed by atoms with E-state index in [0.29, 0.717) is 17.5 Å². The molecule has 0 heterocycles. The quantitative estimate of drug-likeness (QED) is 0.611. The molecule has 1 aromatic rings. The fourth-order valence-corrected chi connectivity index (χ4v) is 2.45. The van der Waals surface area contributed by atoms with Crippen molar-refractivity contribution in [3.63, 3.8) is 0 Å². The molecule has 0 bridgehead atoms. The second kappa shape index (κ2) is 7.53. The van der Waals surface area contributed by atoms with Gasteiger partial charge in [-0.3, -0.25) is 14.2 Å². The lowest BCUT2D eigenvalue weighted by molar-refractivity contribution is -0.117. The summed E-state index contributed by atoms with van der Waals surface area (Å²) in [5, 5.41) is 0. The van der Waals surface area contributed by atoms with Crippen molar-refractivity contribution in [3.8, 4) is 0 Å². The Bertz CT molecular complexity index is 763. The number of carbonyl (C=O) groups is 1. The van der Waals surface area contributed by atoms with Gasteiger partial charge in [-0.05, 0) is 31.3 Å². The third-order valence-electron chi connectivity index (χ3n) is 2.84. The van der Waals surface area contributed by atoms with Crippen molar-refractivity contribution in [2.75, 3.05) is 23.9 Å². The first-order valence-electron chi connectivity index (χ1n) is 8.67. The van der Waals surface area contributed by atoms with Crippen LogP contribution in [-0.4, -0.2) is 37.9 Å². The van der Waals surface area contributed by atoms with Crippen LogP contribution in [0.3, 0.4) is 0 Å². The van der Waals surface area contributed by atoms with E-state index in [-0.39, 0.29) is 5.69 Å². The molecule has 0 aliphatic carbocycles. The topological polar surface area (TPSA) is 83.9 Å². The molecule has 0 spiro atoms. The van der Waals surface area contributed by atoms with Crippen LogP contribution < -0.4 is 4.90 Å². The molecule has 0 saturated heterocycles. The van der Waals surface area contributed by atoms with Crippen molar-refractivity contribution < 1.29 is 29.4 Å². The minimum absolute atomic E-state index is 0.282. The summed E-state index contributed by atoms with van der Waals surface area (Å²) < 4.78 is 72.3. The molecule has 7 heteroatoms. The molecule has 0 aliphatic heterocycles. The molecule has 0 aliphatic rings. The van der Waals surface area contributed by atoms with Crippen LogP contribution in [0.5, 0.6) is 0 Å². The number of nitrogens with zero attached hydrogens (tertiary/aromatic N) is 1. The number of para-hydroxylation sites is 1. The van der Waals surface area contributed by atoms with Crippen molar-refractivity contribution >= 4 is 21.7 Å². The normalized spacial score (nSPS) is 16.2. The molecule has 118 valence electrons. The summed E-state index contributed by atoms with van der Waals surface area (Å²) in [7, 11) is -4.64. The molecule has 0 aromatic heterocycles. The summed E-state index contributed by atoms with van der Waals surface area (Å²) in [6, 6.07) is 5.07. The van der Waals surface area contributed by atoms with E-state index in [1.54, 1.807) is 32.0 Å². The molecule has 0 saturated carbocycles. The highest BCUT2D eigenvalue weighted by atomic mass is 32.2. The first-order chi connectivity index (χ1) is 11.7. The van der Waals surface area contributed by atoms with E-state index < -0.39 is 41.9 Å². The Hall–Kier alpha value is -1.44. The maximum absolute atomic E-state index is 12.4. The first kappa shape index (κ1) is 11.2. The summed E-state index contributed by atoms with van der Waals surface area (Å²) in [6.07, 6.45) is 0.471. The average molecular weight is 320 g/mol. The van der Waals surface area contributed by atoms with E-state index >= 15 is 0 Å². The Morgan fingerprint density at radius 3 is 2.81 bits per heavy atom. The van der Waals surface area contributed by atoms with Gasteiger partial charge in [-0.2, -0.15) is 8.42 Å². The van der Waals surface area contributed by atoms with E-state index in [1.165, 1.54) is 0 Å². The molecule has 0 fully saturated rings. The lowest BCUT2D eigenvalue weighted by Crippen LogP contribution is -2.38. The molecular formula is C14H21NO5S. The number of aryl methyl sites for hydroxylation is 2. The smallest absolute Gasteiger partial charge is 0.274 e. The molecule has 0 unspecified atom stereocenters. The van der Waals surface area contributed by atoms with Crippen LogP contribution in [0.2, 0.25) is 0 Å². The Kier molecular flexibility index (Phi) is 4.01. The molecule has 1 aromatic carbocycles. The molecule has 6 nitrogen and oxygen atoms in total. The summed E-state index contributed by atoms with van der Waals surface area (Å²) >= 11 is 0. The van der Waals surface area contributed by atoms with Gasteiger partial charge >= 0.3 is 0 Å². The van der Waals surface area contributed by atoms with Crippen molar-refractivity contribution in [2.24, 2.45) is 0 Å². The van der Waals surface area contributed by atoms with Gasteiger partial charge in [0.25, 0.3) is 10.1 Å². The van der Waals surface area contributed by atoms with Crippen molar-refractivity contribution in [2.45, 2.75) is 27.1 Å². The minimum atomic E-state index is -4.64. The Labute approximate surface area is 132 Å². The van der Waals surface area contributed by atoms with E-state index in [1.807, 2.05) is 0 Å². The van der Waals surface area contributed by atoms with Crippen LogP contribution in [0, 0.1) is 6.92 Å². The van der Waals surface area contributed by atoms with Crippen LogP contribution in [0.15, 0.2) is 18.2 Å². The molecular weight excluding hydrogens is 294 g/mol. The standard InChI is InChI=1S/C14H21NO5S/c1-4-12-8-6-7-11(3)14(12)15(10-20-5-2)13(16)9-21(17,18)19/h6-8H,4-5,9-10H2,1-3H3,(H,17,18,19)/i2D3,5D2. The monoisotopic (exact) mass is 320 g/mol. The Morgan fingerprint density at radius 2 is 2.24 bits per heavy atom. The summed E-state index contributed by atoms with van der Waals surface area (Å²) in [5.74, 6) is -2.32. The molecule has 1 N–H and O–H groups in total. The summed E-state index contributed by atoms with van der Waals surface area (Å²) in [6.45, 7) is -3.55. The van der Waals surface area contributed by atoms with Crippen molar-refractivity contribution in [1.82, 2.24) is 0 Å². The van der Waals surface area contributed by atoms with E-state index in [0.717, 1.165) is 4.90 Å². The maximum Gasteiger partial charge on any atom is 0.274 e. The Morgan fingerprint density at radius 1 is 1.52 bits per heavy atom. The molecule has 0 atom stereocenters. The number of benzene rings is 1. The lowest BCUT2D eigenvalue weighted by Gasteiger charge is -2.26. The second-order valence-electron chi connectivity index (χ2n) is 4.36. The van der Waals surface area contributed by atoms with Crippen LogP contribution >= 0.6 is 0 Å². The fraction of sp³-hybridized carbons (Fsp3) is 0.500. The van der Waals surface area contributed by atoms with E-state index in [2.05, 4.69) is 0 Å². The first-order valence-corrected chi connectivity index (χ1v) is 7.78. The second-order valence-corrected chi connectivity index (χ2v) is 5.81. The number of carbonyl (C=O) groups excluding carboxylic acids is 1. The molecule has 1 rings (SSSR count). The molecule has 1 amide bonds. The molecule has 0 radical (unpaired) electrons. The van der Waals surface area contributed by atoms with E-state index in [9.17, 15) is 13.2 Å². The summed E-state index contributed by atoms with van der Waals surface area (Å²) in [5.41, 5.74) is 1.50.